The number of hydrogen-bond acceptors (Lipinski definition) is 4. The van der Waals surface area contributed by atoms with Crippen molar-refractivity contribution in [3.8, 4) is 0 Å². The zero-order valence-electron chi connectivity index (χ0n) is 10.8. The summed E-state index contributed by atoms with van der Waals surface area (Å²) in [5.74, 6) is 0. The lowest BCUT2D eigenvalue weighted by atomic mass is 10.1. The van der Waals surface area contributed by atoms with Crippen molar-refractivity contribution in [1.82, 2.24) is 10.3 Å². The van der Waals surface area contributed by atoms with Crippen LogP contribution in [0.4, 0.5) is 0 Å². The summed E-state index contributed by atoms with van der Waals surface area (Å²) in [7, 11) is 1.74. The molecule has 1 atom stereocenters. The first-order valence-electron chi connectivity index (χ1n) is 5.62. The molecular weight excluding hydrogens is 220 g/mol. The predicted octanol–water partition coefficient (Wildman–Crippen LogP) is 2.61. The molecule has 1 aromatic rings. The van der Waals surface area contributed by atoms with Crippen LogP contribution in [-0.2, 0) is 17.7 Å². The van der Waals surface area contributed by atoms with E-state index in [2.05, 4.69) is 43.4 Å². The molecule has 1 aromatic heterocycles. The van der Waals surface area contributed by atoms with E-state index in [0.717, 1.165) is 23.7 Å². The van der Waals surface area contributed by atoms with Crippen LogP contribution in [0.15, 0.2) is 5.38 Å². The topological polar surface area (TPSA) is 34.1 Å². The molecule has 0 aliphatic carbocycles. The predicted molar refractivity (Wildman–Crippen MR) is 68.9 cm³/mol. The first kappa shape index (κ1) is 13.6. The van der Waals surface area contributed by atoms with Crippen LogP contribution < -0.4 is 5.32 Å². The van der Waals surface area contributed by atoms with Crippen LogP contribution in [0.5, 0.6) is 0 Å². The zero-order valence-corrected chi connectivity index (χ0v) is 11.6. The van der Waals surface area contributed by atoms with Crippen LogP contribution in [0.25, 0.3) is 0 Å². The molecule has 1 rings (SSSR count). The number of ether oxygens (including phenoxy) is 1. The lowest BCUT2D eigenvalue weighted by Gasteiger charge is -2.19. The molecular formula is C12H22N2OS. The number of nitrogens with one attached hydrogen (secondary N) is 1. The molecule has 3 nitrogen and oxygen atoms in total. The number of aromatic nitrogens is 1. The highest BCUT2D eigenvalue weighted by Gasteiger charge is 2.11. The van der Waals surface area contributed by atoms with E-state index in [1.807, 2.05) is 0 Å². The van der Waals surface area contributed by atoms with Crippen molar-refractivity contribution in [3.05, 3.63) is 16.1 Å². The standard InChI is InChI=1S/C12H22N2OS/c1-9(15-5)6-11-14-10(8-16-11)7-13-12(2,3)4/h8-9,13H,6-7H2,1-5H3. The van der Waals surface area contributed by atoms with Gasteiger partial charge in [0.15, 0.2) is 0 Å². The smallest absolute Gasteiger partial charge is 0.0954 e. The Morgan fingerprint density at radius 3 is 2.75 bits per heavy atom. The molecule has 0 amide bonds. The zero-order chi connectivity index (χ0) is 12.2. The Morgan fingerprint density at radius 1 is 1.50 bits per heavy atom. The van der Waals surface area contributed by atoms with Gasteiger partial charge >= 0.3 is 0 Å². The molecule has 16 heavy (non-hydrogen) atoms. The summed E-state index contributed by atoms with van der Waals surface area (Å²) in [6.45, 7) is 9.38. The minimum Gasteiger partial charge on any atom is -0.381 e. The first-order chi connectivity index (χ1) is 7.40. The van der Waals surface area contributed by atoms with Crippen molar-refractivity contribution >= 4 is 11.3 Å². The van der Waals surface area contributed by atoms with Crippen LogP contribution in [0, 0.1) is 0 Å². The Balaban J connectivity index is 2.45. The Hall–Kier alpha value is -0.450. The van der Waals surface area contributed by atoms with Crippen LogP contribution in [0.3, 0.4) is 0 Å². The molecule has 1 heterocycles. The SMILES string of the molecule is COC(C)Cc1nc(CNC(C)(C)C)cs1. The molecule has 4 heteroatoms. The molecule has 0 aliphatic heterocycles. The van der Waals surface area contributed by atoms with Crippen molar-refractivity contribution in [2.24, 2.45) is 0 Å². The van der Waals surface area contributed by atoms with Gasteiger partial charge in [-0.25, -0.2) is 4.98 Å². The minimum atomic E-state index is 0.142. The Kier molecular flexibility index (Phi) is 4.89. The summed E-state index contributed by atoms with van der Waals surface area (Å²) >= 11 is 1.71. The van der Waals surface area contributed by atoms with Crippen molar-refractivity contribution in [2.75, 3.05) is 7.11 Å². The average Bonchev–Trinajstić information content (AvgIpc) is 2.61. The van der Waals surface area contributed by atoms with Gasteiger partial charge in [0.2, 0.25) is 0 Å². The third-order valence-electron chi connectivity index (χ3n) is 2.26. The molecule has 0 aromatic carbocycles. The third kappa shape index (κ3) is 5.05. The van der Waals surface area contributed by atoms with Gasteiger partial charge in [0.05, 0.1) is 16.8 Å². The molecule has 0 spiro atoms. The van der Waals surface area contributed by atoms with Crippen molar-refractivity contribution in [1.29, 1.82) is 0 Å². The molecule has 0 radical (unpaired) electrons. The summed E-state index contributed by atoms with van der Waals surface area (Å²) in [6.07, 6.45) is 1.14. The first-order valence-corrected chi connectivity index (χ1v) is 6.50. The quantitative estimate of drug-likeness (QED) is 0.862. The number of thiazole rings is 1. The molecule has 0 bridgehead atoms. The molecule has 92 valence electrons. The second-order valence-corrected chi connectivity index (χ2v) is 6.03. The number of hydrogen-bond donors (Lipinski definition) is 1. The summed E-state index contributed by atoms with van der Waals surface area (Å²) < 4.78 is 5.23. The van der Waals surface area contributed by atoms with Crippen LogP contribution >= 0.6 is 11.3 Å². The lowest BCUT2D eigenvalue weighted by Crippen LogP contribution is -2.35. The van der Waals surface area contributed by atoms with E-state index in [4.69, 9.17) is 4.74 Å². The van der Waals surface area contributed by atoms with Crippen LogP contribution in [-0.4, -0.2) is 23.7 Å². The van der Waals surface area contributed by atoms with Crippen molar-refractivity contribution in [2.45, 2.75) is 52.3 Å². The average molecular weight is 242 g/mol. The Bertz CT molecular complexity index is 317. The van der Waals surface area contributed by atoms with Gasteiger partial charge in [-0.15, -0.1) is 11.3 Å². The maximum absolute atomic E-state index is 5.23. The van der Waals surface area contributed by atoms with Gasteiger partial charge in [-0.3, -0.25) is 0 Å². The summed E-state index contributed by atoms with van der Waals surface area (Å²) in [5.41, 5.74) is 1.27. The Labute approximate surface area is 102 Å². The van der Waals surface area contributed by atoms with Gasteiger partial charge in [0.1, 0.15) is 0 Å². The van der Waals surface area contributed by atoms with Gasteiger partial charge in [-0.2, -0.15) is 0 Å². The molecule has 1 unspecified atom stereocenters. The lowest BCUT2D eigenvalue weighted by molar-refractivity contribution is 0.118. The number of methoxy groups -OCH3 is 1. The van der Waals surface area contributed by atoms with E-state index in [1.54, 1.807) is 18.4 Å². The van der Waals surface area contributed by atoms with Crippen molar-refractivity contribution in [3.63, 3.8) is 0 Å². The van der Waals surface area contributed by atoms with Gasteiger partial charge in [-0.05, 0) is 27.7 Å². The molecule has 0 saturated heterocycles. The van der Waals surface area contributed by atoms with Gasteiger partial charge < -0.3 is 10.1 Å². The molecule has 0 fully saturated rings. The van der Waals surface area contributed by atoms with Crippen LogP contribution in [0.2, 0.25) is 0 Å². The van der Waals surface area contributed by atoms with E-state index < -0.39 is 0 Å². The monoisotopic (exact) mass is 242 g/mol. The van der Waals surface area contributed by atoms with E-state index in [9.17, 15) is 0 Å². The minimum absolute atomic E-state index is 0.142. The normalized spacial score (nSPS) is 14.1. The second kappa shape index (κ2) is 5.75. The summed E-state index contributed by atoms with van der Waals surface area (Å²) in [4.78, 5) is 4.58. The fourth-order valence-corrected chi connectivity index (χ4v) is 2.12. The van der Waals surface area contributed by atoms with Crippen molar-refractivity contribution < 1.29 is 4.74 Å². The Morgan fingerprint density at radius 2 is 2.19 bits per heavy atom. The third-order valence-corrected chi connectivity index (χ3v) is 3.18. The summed E-state index contributed by atoms with van der Waals surface area (Å²) in [6, 6.07) is 0. The van der Waals surface area contributed by atoms with Gasteiger partial charge in [0.25, 0.3) is 0 Å². The number of nitrogens with zero attached hydrogens (tertiary/aromatic N) is 1. The van der Waals surface area contributed by atoms with Crippen LogP contribution in [0.1, 0.15) is 38.4 Å². The van der Waals surface area contributed by atoms with E-state index in [-0.39, 0.29) is 11.6 Å². The van der Waals surface area contributed by atoms with E-state index in [0.29, 0.717) is 0 Å². The maximum Gasteiger partial charge on any atom is 0.0954 e. The fourth-order valence-electron chi connectivity index (χ4n) is 1.21. The second-order valence-electron chi connectivity index (χ2n) is 5.09. The highest BCUT2D eigenvalue weighted by molar-refractivity contribution is 7.09. The largest absolute Gasteiger partial charge is 0.381 e. The maximum atomic E-state index is 5.23. The highest BCUT2D eigenvalue weighted by atomic mass is 32.1. The fraction of sp³-hybridized carbons (Fsp3) is 0.750. The highest BCUT2D eigenvalue weighted by Crippen LogP contribution is 2.13. The summed E-state index contributed by atoms with van der Waals surface area (Å²) in [5, 5.41) is 6.71. The number of rotatable bonds is 5. The van der Waals surface area contributed by atoms with E-state index in [1.165, 1.54) is 0 Å². The molecule has 0 saturated carbocycles. The van der Waals surface area contributed by atoms with E-state index >= 15 is 0 Å². The molecule has 0 aliphatic rings. The molecule has 1 N–H and O–H groups in total. The van der Waals surface area contributed by atoms with Gasteiger partial charge in [-0.1, -0.05) is 0 Å². The van der Waals surface area contributed by atoms with Gasteiger partial charge in [0, 0.05) is 31.0 Å².